The minimum Gasteiger partial charge on any atom is -0.497 e. The zero-order chi connectivity index (χ0) is 18.3. The van der Waals surface area contributed by atoms with E-state index in [2.05, 4.69) is 15.0 Å². The van der Waals surface area contributed by atoms with Gasteiger partial charge in [-0.05, 0) is 43.6 Å². The van der Waals surface area contributed by atoms with Crippen LogP contribution in [-0.4, -0.2) is 56.9 Å². The third-order valence-electron chi connectivity index (χ3n) is 4.05. The summed E-state index contributed by atoms with van der Waals surface area (Å²) in [5.41, 5.74) is 0.998. The van der Waals surface area contributed by atoms with Crippen molar-refractivity contribution in [2.24, 2.45) is 0 Å². The molecule has 1 amide bonds. The first-order chi connectivity index (χ1) is 11.9. The van der Waals surface area contributed by atoms with Gasteiger partial charge < -0.3 is 14.8 Å². The van der Waals surface area contributed by atoms with Crippen LogP contribution in [0.4, 0.5) is 13.2 Å². The van der Waals surface area contributed by atoms with E-state index in [-0.39, 0.29) is 6.04 Å². The van der Waals surface area contributed by atoms with Gasteiger partial charge in [0, 0.05) is 6.54 Å². The highest BCUT2D eigenvalue weighted by Crippen LogP contribution is 2.27. The van der Waals surface area contributed by atoms with Crippen molar-refractivity contribution in [3.05, 3.63) is 29.8 Å². The summed E-state index contributed by atoms with van der Waals surface area (Å²) in [6, 6.07) is 7.54. The number of carbonyl (C=O) groups is 1. The molecule has 1 saturated heterocycles. The van der Waals surface area contributed by atoms with Crippen molar-refractivity contribution in [2.75, 3.05) is 40.0 Å². The monoisotopic (exact) mass is 360 g/mol. The molecule has 2 rings (SSSR count). The Labute approximate surface area is 145 Å². The highest BCUT2D eigenvalue weighted by atomic mass is 19.4. The average molecular weight is 360 g/mol. The minimum absolute atomic E-state index is 0.0517. The van der Waals surface area contributed by atoms with Gasteiger partial charge in [-0.15, -0.1) is 0 Å². The van der Waals surface area contributed by atoms with Gasteiger partial charge >= 0.3 is 6.18 Å². The molecule has 0 spiro atoms. The van der Waals surface area contributed by atoms with Crippen molar-refractivity contribution in [1.82, 2.24) is 10.2 Å². The molecule has 0 aromatic heterocycles. The number of likely N-dealkylation sites (tertiary alicyclic amines) is 1. The van der Waals surface area contributed by atoms with Gasteiger partial charge in [0.25, 0.3) is 0 Å². The van der Waals surface area contributed by atoms with E-state index in [1.54, 1.807) is 7.11 Å². The first kappa shape index (κ1) is 19.5. The number of hydrogen-bond donors (Lipinski definition) is 1. The van der Waals surface area contributed by atoms with E-state index in [4.69, 9.17) is 4.74 Å². The zero-order valence-electron chi connectivity index (χ0n) is 14.1. The second-order valence-corrected chi connectivity index (χ2v) is 5.95. The molecule has 1 aromatic carbocycles. The van der Waals surface area contributed by atoms with E-state index in [0.717, 1.165) is 37.2 Å². The van der Waals surface area contributed by atoms with Crippen LogP contribution in [0.5, 0.6) is 5.75 Å². The van der Waals surface area contributed by atoms with Gasteiger partial charge in [0.15, 0.2) is 0 Å². The summed E-state index contributed by atoms with van der Waals surface area (Å²) < 4.78 is 45.8. The highest BCUT2D eigenvalue weighted by Gasteiger charge is 2.28. The Bertz CT molecular complexity index is 560. The van der Waals surface area contributed by atoms with Crippen molar-refractivity contribution in [3.63, 3.8) is 0 Å². The summed E-state index contributed by atoms with van der Waals surface area (Å²) in [5, 5.41) is 2.67. The maximum atomic E-state index is 12.0. The van der Waals surface area contributed by atoms with Crippen LogP contribution in [-0.2, 0) is 9.53 Å². The quantitative estimate of drug-likeness (QED) is 0.774. The molecule has 1 heterocycles. The number of methoxy groups -OCH3 is 1. The number of amides is 1. The lowest BCUT2D eigenvalue weighted by molar-refractivity contribution is -0.175. The lowest BCUT2D eigenvalue weighted by atomic mass is 10.0. The largest absolute Gasteiger partial charge is 0.497 e. The molecule has 1 atom stereocenters. The van der Waals surface area contributed by atoms with E-state index in [0.29, 0.717) is 6.54 Å². The van der Waals surface area contributed by atoms with Crippen molar-refractivity contribution < 1.29 is 27.4 Å². The molecule has 0 bridgehead atoms. The predicted octanol–water partition coefficient (Wildman–Crippen LogP) is 2.53. The summed E-state index contributed by atoms with van der Waals surface area (Å²) in [5.74, 6) is 0.165. The molecule has 1 aliphatic heterocycles. The summed E-state index contributed by atoms with van der Waals surface area (Å²) in [7, 11) is 1.59. The number of nitrogens with zero attached hydrogens (tertiary/aromatic N) is 1. The van der Waals surface area contributed by atoms with Crippen LogP contribution in [0.3, 0.4) is 0 Å². The first-order valence-electron chi connectivity index (χ1n) is 8.18. The van der Waals surface area contributed by atoms with Gasteiger partial charge in [0.05, 0.1) is 13.2 Å². The van der Waals surface area contributed by atoms with E-state index < -0.39 is 25.3 Å². The number of benzene rings is 1. The number of halogens is 3. The molecular formula is C17H23F3N2O3. The Hall–Kier alpha value is -1.80. The Balaban J connectivity index is 1.93. The van der Waals surface area contributed by atoms with Gasteiger partial charge in [0.2, 0.25) is 5.91 Å². The number of nitrogens with one attached hydrogen (secondary N) is 1. The summed E-state index contributed by atoms with van der Waals surface area (Å²) in [6.45, 7) is 0.113. The molecule has 0 radical (unpaired) electrons. The molecule has 1 aromatic rings. The molecule has 1 unspecified atom stereocenters. The third kappa shape index (κ3) is 6.55. The SMILES string of the molecule is COc1cccc(C(CNC(=O)COCC(F)(F)F)N2CCCC2)c1. The highest BCUT2D eigenvalue weighted by molar-refractivity contribution is 5.77. The zero-order valence-corrected chi connectivity index (χ0v) is 14.1. The Morgan fingerprint density at radius 3 is 2.68 bits per heavy atom. The van der Waals surface area contributed by atoms with E-state index in [9.17, 15) is 18.0 Å². The van der Waals surface area contributed by atoms with E-state index in [1.807, 2.05) is 24.3 Å². The number of ether oxygens (including phenoxy) is 2. The number of rotatable bonds is 8. The van der Waals surface area contributed by atoms with Gasteiger partial charge in [0.1, 0.15) is 19.0 Å². The van der Waals surface area contributed by atoms with Crippen LogP contribution < -0.4 is 10.1 Å². The second-order valence-electron chi connectivity index (χ2n) is 5.95. The van der Waals surface area contributed by atoms with Crippen molar-refractivity contribution in [3.8, 4) is 5.75 Å². The number of carbonyl (C=O) groups excluding carboxylic acids is 1. The fourth-order valence-corrected chi connectivity index (χ4v) is 2.88. The molecule has 8 heteroatoms. The lowest BCUT2D eigenvalue weighted by Crippen LogP contribution is -2.38. The predicted molar refractivity (Wildman–Crippen MR) is 86.4 cm³/mol. The smallest absolute Gasteiger partial charge is 0.411 e. The molecule has 1 aliphatic rings. The van der Waals surface area contributed by atoms with Gasteiger partial charge in [-0.1, -0.05) is 12.1 Å². The van der Waals surface area contributed by atoms with Crippen molar-refractivity contribution >= 4 is 5.91 Å². The van der Waals surface area contributed by atoms with Gasteiger partial charge in [-0.2, -0.15) is 13.2 Å². The molecule has 1 N–H and O–H groups in total. The second kappa shape index (κ2) is 9.05. The molecule has 0 aliphatic carbocycles. The maximum absolute atomic E-state index is 12.0. The Kier molecular flexibility index (Phi) is 7.07. The normalized spacial score (nSPS) is 16.6. The van der Waals surface area contributed by atoms with Crippen LogP contribution in [0.15, 0.2) is 24.3 Å². The number of alkyl halides is 3. The minimum atomic E-state index is -4.43. The fraction of sp³-hybridized carbons (Fsp3) is 0.588. The fourth-order valence-electron chi connectivity index (χ4n) is 2.88. The molecule has 140 valence electrons. The molecule has 1 fully saturated rings. The molecular weight excluding hydrogens is 337 g/mol. The topological polar surface area (TPSA) is 50.8 Å². The van der Waals surface area contributed by atoms with Crippen LogP contribution in [0.25, 0.3) is 0 Å². The molecule has 5 nitrogen and oxygen atoms in total. The summed E-state index contributed by atoms with van der Waals surface area (Å²) in [4.78, 5) is 14.0. The lowest BCUT2D eigenvalue weighted by Gasteiger charge is -2.28. The average Bonchev–Trinajstić information content (AvgIpc) is 3.08. The first-order valence-corrected chi connectivity index (χ1v) is 8.18. The Morgan fingerprint density at radius 1 is 1.32 bits per heavy atom. The van der Waals surface area contributed by atoms with Gasteiger partial charge in [-0.3, -0.25) is 9.69 Å². The van der Waals surface area contributed by atoms with Crippen LogP contribution in [0, 0.1) is 0 Å². The van der Waals surface area contributed by atoms with Crippen LogP contribution in [0.2, 0.25) is 0 Å². The van der Waals surface area contributed by atoms with E-state index >= 15 is 0 Å². The third-order valence-corrected chi connectivity index (χ3v) is 4.05. The van der Waals surface area contributed by atoms with E-state index in [1.165, 1.54) is 0 Å². The summed E-state index contributed by atoms with van der Waals surface area (Å²) >= 11 is 0. The van der Waals surface area contributed by atoms with Crippen LogP contribution in [0.1, 0.15) is 24.4 Å². The van der Waals surface area contributed by atoms with Gasteiger partial charge in [-0.25, -0.2) is 0 Å². The standard InChI is InChI=1S/C17H23F3N2O3/c1-24-14-6-4-5-13(9-14)15(22-7-2-3-8-22)10-21-16(23)11-25-12-17(18,19)20/h4-6,9,15H,2-3,7-8,10-12H2,1H3,(H,21,23). The molecule has 0 saturated carbocycles. The maximum Gasteiger partial charge on any atom is 0.411 e. The molecule has 25 heavy (non-hydrogen) atoms. The number of hydrogen-bond acceptors (Lipinski definition) is 4. The van der Waals surface area contributed by atoms with Crippen molar-refractivity contribution in [1.29, 1.82) is 0 Å². The Morgan fingerprint density at radius 2 is 2.04 bits per heavy atom. The summed E-state index contributed by atoms with van der Waals surface area (Å²) in [6.07, 6.45) is -2.26. The van der Waals surface area contributed by atoms with Crippen LogP contribution >= 0.6 is 0 Å². The van der Waals surface area contributed by atoms with Crippen molar-refractivity contribution in [2.45, 2.75) is 25.1 Å².